The molecule has 7 heteroatoms. The largest absolute Gasteiger partial charge is 0.486 e. The Morgan fingerprint density at radius 2 is 2.21 bits per heavy atom. The monoisotopic (exact) mass is 298 g/mol. The zero-order chi connectivity index (χ0) is 13.4. The highest BCUT2D eigenvalue weighted by Crippen LogP contribution is 2.38. The molecule has 2 heterocycles. The molecule has 0 unspecified atom stereocenters. The van der Waals surface area contributed by atoms with Crippen LogP contribution in [0, 0.1) is 6.92 Å². The van der Waals surface area contributed by atoms with Crippen LogP contribution in [0.1, 0.15) is 10.6 Å². The molecule has 0 saturated carbocycles. The standard InChI is InChI=1S/C12H11ClN2O3S/c1-7-14-15(12(16)19-7)6-8-4-9(13)11-10(5-8)17-2-3-18-11/h4-5H,2-3,6H2,1H3. The van der Waals surface area contributed by atoms with Gasteiger partial charge in [-0.25, -0.2) is 4.68 Å². The molecule has 1 aromatic carbocycles. The summed E-state index contributed by atoms with van der Waals surface area (Å²) in [6, 6.07) is 3.61. The highest BCUT2D eigenvalue weighted by atomic mass is 35.5. The third kappa shape index (κ3) is 2.46. The van der Waals surface area contributed by atoms with Gasteiger partial charge in [-0.15, -0.1) is 0 Å². The number of halogens is 1. The molecule has 1 aliphatic rings. The van der Waals surface area contributed by atoms with Crippen LogP contribution in [0.5, 0.6) is 11.5 Å². The van der Waals surface area contributed by atoms with Crippen molar-refractivity contribution in [2.24, 2.45) is 0 Å². The highest BCUT2D eigenvalue weighted by molar-refractivity contribution is 7.08. The van der Waals surface area contributed by atoms with E-state index in [-0.39, 0.29) is 4.87 Å². The molecule has 2 aromatic rings. The van der Waals surface area contributed by atoms with Gasteiger partial charge in [0, 0.05) is 0 Å². The number of nitrogens with zero attached hydrogens (tertiary/aromatic N) is 2. The molecule has 0 N–H and O–H groups in total. The van der Waals surface area contributed by atoms with Gasteiger partial charge >= 0.3 is 4.87 Å². The lowest BCUT2D eigenvalue weighted by molar-refractivity contribution is 0.171. The Morgan fingerprint density at radius 3 is 2.95 bits per heavy atom. The summed E-state index contributed by atoms with van der Waals surface area (Å²) in [4.78, 5) is 11.6. The van der Waals surface area contributed by atoms with Gasteiger partial charge in [0.2, 0.25) is 0 Å². The zero-order valence-corrected chi connectivity index (χ0v) is 11.8. The highest BCUT2D eigenvalue weighted by Gasteiger charge is 2.17. The molecule has 0 bridgehead atoms. The Hall–Kier alpha value is -1.53. The van der Waals surface area contributed by atoms with Gasteiger partial charge in [0.15, 0.2) is 11.5 Å². The van der Waals surface area contributed by atoms with E-state index in [1.165, 1.54) is 4.68 Å². The van der Waals surface area contributed by atoms with Crippen molar-refractivity contribution in [1.29, 1.82) is 0 Å². The third-order valence-corrected chi connectivity index (χ3v) is 3.74. The van der Waals surface area contributed by atoms with E-state index in [0.717, 1.165) is 21.9 Å². The molecule has 0 atom stereocenters. The Balaban J connectivity index is 1.95. The molecular formula is C12H11ClN2O3S. The van der Waals surface area contributed by atoms with E-state index in [4.69, 9.17) is 21.1 Å². The lowest BCUT2D eigenvalue weighted by Crippen LogP contribution is -2.18. The SMILES string of the molecule is Cc1nn(Cc2cc(Cl)c3c(c2)OCCO3)c(=O)s1. The summed E-state index contributed by atoms with van der Waals surface area (Å²) in [6.07, 6.45) is 0. The number of benzene rings is 1. The van der Waals surface area contributed by atoms with Gasteiger partial charge in [-0.05, 0) is 24.6 Å². The second-order valence-corrected chi connectivity index (χ2v) is 5.70. The predicted octanol–water partition coefficient (Wildman–Crippen LogP) is 2.09. The molecule has 0 spiro atoms. The van der Waals surface area contributed by atoms with Crippen molar-refractivity contribution >= 4 is 22.9 Å². The Bertz CT molecular complexity index is 680. The number of rotatable bonds is 2. The summed E-state index contributed by atoms with van der Waals surface area (Å²) in [5.74, 6) is 1.19. The first-order chi connectivity index (χ1) is 9.13. The summed E-state index contributed by atoms with van der Waals surface area (Å²) < 4.78 is 12.4. The Morgan fingerprint density at radius 1 is 1.42 bits per heavy atom. The normalized spacial score (nSPS) is 13.6. The van der Waals surface area contributed by atoms with Gasteiger partial charge in [-0.1, -0.05) is 22.9 Å². The Kier molecular flexibility index (Phi) is 3.20. The molecule has 19 heavy (non-hydrogen) atoms. The van der Waals surface area contributed by atoms with Gasteiger partial charge in [-0.3, -0.25) is 4.79 Å². The molecule has 0 aliphatic carbocycles. The van der Waals surface area contributed by atoms with Gasteiger partial charge in [0.25, 0.3) is 0 Å². The van der Waals surface area contributed by atoms with Crippen LogP contribution in [0.2, 0.25) is 5.02 Å². The molecule has 5 nitrogen and oxygen atoms in total. The first-order valence-electron chi connectivity index (χ1n) is 5.76. The van der Waals surface area contributed by atoms with E-state index >= 15 is 0 Å². The van der Waals surface area contributed by atoms with Crippen LogP contribution in [0.4, 0.5) is 0 Å². The second-order valence-electron chi connectivity index (χ2n) is 4.15. The molecular weight excluding hydrogens is 288 g/mol. The molecule has 0 amide bonds. The maximum Gasteiger partial charge on any atom is 0.325 e. The van der Waals surface area contributed by atoms with Crippen molar-refractivity contribution in [2.45, 2.75) is 13.5 Å². The van der Waals surface area contributed by atoms with Crippen molar-refractivity contribution in [3.8, 4) is 11.5 Å². The average molecular weight is 299 g/mol. The van der Waals surface area contributed by atoms with Crippen LogP contribution in [0.3, 0.4) is 0 Å². The number of fused-ring (bicyclic) bond motifs is 1. The predicted molar refractivity (Wildman–Crippen MR) is 72.7 cm³/mol. The summed E-state index contributed by atoms with van der Waals surface area (Å²) in [5.41, 5.74) is 0.863. The topological polar surface area (TPSA) is 53.4 Å². The van der Waals surface area contributed by atoms with Crippen LogP contribution in [0.25, 0.3) is 0 Å². The second kappa shape index (κ2) is 4.86. The third-order valence-electron chi connectivity index (χ3n) is 2.70. The van der Waals surface area contributed by atoms with Gasteiger partial charge in [-0.2, -0.15) is 5.10 Å². The minimum absolute atomic E-state index is 0.0801. The Labute approximate surface area is 118 Å². The van der Waals surface area contributed by atoms with Crippen LogP contribution in [-0.2, 0) is 6.54 Å². The molecule has 1 aliphatic heterocycles. The number of aromatic nitrogens is 2. The fourth-order valence-corrected chi connectivity index (χ4v) is 2.83. The molecule has 0 radical (unpaired) electrons. The minimum Gasteiger partial charge on any atom is -0.486 e. The van der Waals surface area contributed by atoms with Crippen LogP contribution >= 0.6 is 22.9 Å². The van der Waals surface area contributed by atoms with E-state index in [0.29, 0.717) is 36.3 Å². The lowest BCUT2D eigenvalue weighted by Gasteiger charge is -2.20. The van der Waals surface area contributed by atoms with Gasteiger partial charge in [0.05, 0.1) is 11.6 Å². The molecule has 3 rings (SSSR count). The van der Waals surface area contributed by atoms with E-state index in [9.17, 15) is 4.79 Å². The van der Waals surface area contributed by atoms with Crippen LogP contribution in [0.15, 0.2) is 16.9 Å². The van der Waals surface area contributed by atoms with Gasteiger partial charge < -0.3 is 9.47 Å². The molecule has 1 aromatic heterocycles. The van der Waals surface area contributed by atoms with Crippen molar-refractivity contribution in [2.75, 3.05) is 13.2 Å². The van der Waals surface area contributed by atoms with E-state index in [1.54, 1.807) is 13.0 Å². The maximum absolute atomic E-state index is 11.6. The van der Waals surface area contributed by atoms with E-state index in [2.05, 4.69) is 5.10 Å². The van der Waals surface area contributed by atoms with E-state index in [1.807, 2.05) is 6.07 Å². The number of aryl methyl sites for hydroxylation is 1. The number of hydrogen-bond donors (Lipinski definition) is 0. The molecule has 0 fully saturated rings. The summed E-state index contributed by atoms with van der Waals surface area (Å²) in [6.45, 7) is 3.18. The van der Waals surface area contributed by atoms with Gasteiger partial charge in [0.1, 0.15) is 18.2 Å². The van der Waals surface area contributed by atoms with Crippen LogP contribution < -0.4 is 14.3 Å². The summed E-state index contributed by atoms with van der Waals surface area (Å²) in [7, 11) is 0. The first kappa shape index (κ1) is 12.5. The quantitative estimate of drug-likeness (QED) is 0.852. The first-order valence-corrected chi connectivity index (χ1v) is 6.95. The van der Waals surface area contributed by atoms with Crippen molar-refractivity contribution < 1.29 is 9.47 Å². The fourth-order valence-electron chi connectivity index (χ4n) is 1.94. The van der Waals surface area contributed by atoms with E-state index < -0.39 is 0 Å². The van der Waals surface area contributed by atoms with Crippen LogP contribution in [-0.4, -0.2) is 23.0 Å². The fraction of sp³-hybridized carbons (Fsp3) is 0.333. The average Bonchev–Trinajstić information content (AvgIpc) is 2.68. The number of ether oxygens (including phenoxy) is 2. The maximum atomic E-state index is 11.6. The summed E-state index contributed by atoms with van der Waals surface area (Å²) >= 11 is 7.28. The number of hydrogen-bond acceptors (Lipinski definition) is 5. The van der Waals surface area contributed by atoms with Crippen molar-refractivity contribution in [3.05, 3.63) is 37.4 Å². The zero-order valence-electron chi connectivity index (χ0n) is 10.2. The molecule has 0 saturated heterocycles. The smallest absolute Gasteiger partial charge is 0.325 e. The van der Waals surface area contributed by atoms with Crippen molar-refractivity contribution in [3.63, 3.8) is 0 Å². The minimum atomic E-state index is -0.0801. The molecule has 100 valence electrons. The van der Waals surface area contributed by atoms with Crippen molar-refractivity contribution in [1.82, 2.24) is 9.78 Å². The lowest BCUT2D eigenvalue weighted by atomic mass is 10.2. The summed E-state index contributed by atoms with van der Waals surface area (Å²) in [5, 5.41) is 5.39.